The number of anilines is 1. The third kappa shape index (κ3) is 3.03. The number of para-hydroxylation sites is 1. The van der Waals surface area contributed by atoms with Crippen LogP contribution >= 0.6 is 0 Å². The average molecular weight is 248 g/mol. The molecular weight excluding hydrogens is 224 g/mol. The molecule has 0 spiro atoms. The zero-order valence-electron chi connectivity index (χ0n) is 11.6. The molecule has 0 amide bonds. The van der Waals surface area contributed by atoms with Crippen molar-refractivity contribution < 1.29 is 5.11 Å². The number of piperidine rings is 1. The van der Waals surface area contributed by atoms with Crippen molar-refractivity contribution in [3.05, 3.63) is 29.8 Å². The summed E-state index contributed by atoms with van der Waals surface area (Å²) in [5, 5.41) is 9.95. The van der Waals surface area contributed by atoms with Gasteiger partial charge in [0.1, 0.15) is 0 Å². The number of likely N-dealkylation sites (tertiary alicyclic amines) is 1. The highest BCUT2D eigenvalue weighted by Gasteiger charge is 2.24. The van der Waals surface area contributed by atoms with Crippen LogP contribution in [0.5, 0.6) is 0 Å². The lowest BCUT2D eigenvalue weighted by Crippen LogP contribution is -2.42. The minimum Gasteiger partial charge on any atom is -0.392 e. The maximum absolute atomic E-state index is 9.95. The van der Waals surface area contributed by atoms with E-state index in [4.69, 9.17) is 0 Å². The number of nitrogens with zero attached hydrogens (tertiary/aromatic N) is 2. The molecule has 1 N–H and O–H groups in total. The fourth-order valence-electron chi connectivity index (χ4n) is 2.58. The van der Waals surface area contributed by atoms with E-state index in [2.05, 4.69) is 55.1 Å². The summed E-state index contributed by atoms with van der Waals surface area (Å²) < 4.78 is 0. The van der Waals surface area contributed by atoms with Crippen molar-refractivity contribution in [2.24, 2.45) is 5.92 Å². The first-order valence-corrected chi connectivity index (χ1v) is 6.73. The van der Waals surface area contributed by atoms with Crippen molar-refractivity contribution in [3.8, 4) is 0 Å². The van der Waals surface area contributed by atoms with Gasteiger partial charge < -0.3 is 10.0 Å². The lowest BCUT2D eigenvalue weighted by Gasteiger charge is -2.34. The van der Waals surface area contributed by atoms with Gasteiger partial charge in [0.05, 0.1) is 6.10 Å². The second-order valence-electron chi connectivity index (χ2n) is 5.59. The van der Waals surface area contributed by atoms with Gasteiger partial charge in [-0.15, -0.1) is 0 Å². The monoisotopic (exact) mass is 248 g/mol. The summed E-state index contributed by atoms with van der Waals surface area (Å²) in [5.41, 5.74) is 2.61. The largest absolute Gasteiger partial charge is 0.392 e. The van der Waals surface area contributed by atoms with Crippen LogP contribution in [0, 0.1) is 5.92 Å². The maximum atomic E-state index is 9.95. The van der Waals surface area contributed by atoms with E-state index in [9.17, 15) is 5.11 Å². The third-order valence-electron chi connectivity index (χ3n) is 3.87. The Morgan fingerprint density at radius 1 is 1.33 bits per heavy atom. The molecule has 2 unspecified atom stereocenters. The number of hydrogen-bond acceptors (Lipinski definition) is 3. The Bertz CT molecular complexity index is 392. The first kappa shape index (κ1) is 13.4. The molecule has 1 heterocycles. The van der Waals surface area contributed by atoms with Gasteiger partial charge >= 0.3 is 0 Å². The van der Waals surface area contributed by atoms with Gasteiger partial charge in [-0.1, -0.05) is 25.1 Å². The predicted molar refractivity (Wildman–Crippen MR) is 75.8 cm³/mol. The Morgan fingerprint density at radius 2 is 2.06 bits per heavy atom. The molecule has 0 aliphatic carbocycles. The molecule has 2 atom stereocenters. The van der Waals surface area contributed by atoms with Gasteiger partial charge in [-0.25, -0.2) is 0 Å². The van der Waals surface area contributed by atoms with Crippen molar-refractivity contribution in [1.29, 1.82) is 0 Å². The summed E-state index contributed by atoms with van der Waals surface area (Å²) in [6.45, 7) is 4.94. The van der Waals surface area contributed by atoms with Crippen molar-refractivity contribution in [2.45, 2.75) is 26.0 Å². The quantitative estimate of drug-likeness (QED) is 0.886. The molecule has 3 heteroatoms. The van der Waals surface area contributed by atoms with Crippen molar-refractivity contribution in [2.75, 3.05) is 32.1 Å². The van der Waals surface area contributed by atoms with Crippen LogP contribution in [0.25, 0.3) is 0 Å². The second-order valence-corrected chi connectivity index (χ2v) is 5.59. The van der Waals surface area contributed by atoms with Gasteiger partial charge in [0.2, 0.25) is 0 Å². The SMILES string of the molecule is CC1CCN(Cc2ccccc2N(C)C)CC1O. The Hall–Kier alpha value is -1.06. The molecule has 1 aliphatic heterocycles. The highest BCUT2D eigenvalue weighted by Crippen LogP contribution is 2.23. The average Bonchev–Trinajstić information content (AvgIpc) is 2.34. The van der Waals surface area contributed by atoms with E-state index in [-0.39, 0.29) is 6.10 Å². The molecule has 18 heavy (non-hydrogen) atoms. The topological polar surface area (TPSA) is 26.7 Å². The molecule has 1 saturated heterocycles. The summed E-state index contributed by atoms with van der Waals surface area (Å²) in [7, 11) is 4.15. The van der Waals surface area contributed by atoms with Gasteiger partial charge in [-0.3, -0.25) is 4.90 Å². The molecule has 0 aromatic heterocycles. The van der Waals surface area contributed by atoms with Crippen LogP contribution in [-0.4, -0.2) is 43.3 Å². The number of hydrogen-bond donors (Lipinski definition) is 1. The smallest absolute Gasteiger partial charge is 0.0693 e. The fraction of sp³-hybridized carbons (Fsp3) is 0.600. The number of β-amino-alcohol motifs (C(OH)–C–C–N with tert-alkyl or cyclic N) is 1. The summed E-state index contributed by atoms with van der Waals surface area (Å²) in [4.78, 5) is 4.51. The van der Waals surface area contributed by atoms with E-state index in [0.29, 0.717) is 5.92 Å². The maximum Gasteiger partial charge on any atom is 0.0693 e. The molecule has 0 saturated carbocycles. The summed E-state index contributed by atoms with van der Waals surface area (Å²) in [6, 6.07) is 8.50. The molecule has 3 nitrogen and oxygen atoms in total. The minimum atomic E-state index is -0.176. The number of aliphatic hydroxyl groups excluding tert-OH is 1. The van der Waals surface area contributed by atoms with Crippen LogP contribution in [0.2, 0.25) is 0 Å². The first-order valence-electron chi connectivity index (χ1n) is 6.73. The molecule has 0 radical (unpaired) electrons. The fourth-order valence-corrected chi connectivity index (χ4v) is 2.58. The summed E-state index contributed by atoms with van der Waals surface area (Å²) >= 11 is 0. The molecule has 0 bridgehead atoms. The Kier molecular flexibility index (Phi) is 4.25. The lowest BCUT2D eigenvalue weighted by molar-refractivity contribution is 0.0260. The Labute approximate surface area is 110 Å². The van der Waals surface area contributed by atoms with E-state index in [1.807, 2.05) is 0 Å². The molecule has 1 aromatic carbocycles. The van der Waals surface area contributed by atoms with E-state index >= 15 is 0 Å². The zero-order chi connectivity index (χ0) is 13.1. The van der Waals surface area contributed by atoms with Crippen molar-refractivity contribution in [3.63, 3.8) is 0 Å². The highest BCUT2D eigenvalue weighted by atomic mass is 16.3. The third-order valence-corrected chi connectivity index (χ3v) is 3.87. The summed E-state index contributed by atoms with van der Waals surface area (Å²) in [5.74, 6) is 0.436. The molecule has 100 valence electrons. The van der Waals surface area contributed by atoms with Crippen LogP contribution in [0.3, 0.4) is 0 Å². The molecular formula is C15H24N2O. The first-order chi connectivity index (χ1) is 8.58. The number of rotatable bonds is 3. The van der Waals surface area contributed by atoms with Gasteiger partial charge in [0.25, 0.3) is 0 Å². The van der Waals surface area contributed by atoms with Gasteiger partial charge in [0.15, 0.2) is 0 Å². The predicted octanol–water partition coefficient (Wildman–Crippen LogP) is 1.96. The highest BCUT2D eigenvalue weighted by molar-refractivity contribution is 5.52. The van der Waals surface area contributed by atoms with Gasteiger partial charge in [0, 0.05) is 32.9 Å². The van der Waals surface area contributed by atoms with Crippen LogP contribution < -0.4 is 4.90 Å². The standard InChI is InChI=1S/C15H24N2O/c1-12-8-9-17(11-15(12)18)10-13-6-4-5-7-14(13)16(2)3/h4-7,12,15,18H,8-11H2,1-3H3. The minimum absolute atomic E-state index is 0.176. The second kappa shape index (κ2) is 5.72. The molecule has 1 fully saturated rings. The zero-order valence-corrected chi connectivity index (χ0v) is 11.6. The van der Waals surface area contributed by atoms with E-state index in [1.165, 1.54) is 11.3 Å². The van der Waals surface area contributed by atoms with Gasteiger partial charge in [-0.05, 0) is 30.5 Å². The van der Waals surface area contributed by atoms with E-state index in [1.54, 1.807) is 0 Å². The van der Waals surface area contributed by atoms with E-state index < -0.39 is 0 Å². The van der Waals surface area contributed by atoms with E-state index in [0.717, 1.165) is 26.1 Å². The molecule has 1 aliphatic rings. The van der Waals surface area contributed by atoms with Crippen LogP contribution in [-0.2, 0) is 6.54 Å². The summed E-state index contributed by atoms with van der Waals surface area (Å²) in [6.07, 6.45) is 0.913. The van der Waals surface area contributed by atoms with Crippen molar-refractivity contribution in [1.82, 2.24) is 4.90 Å². The number of benzene rings is 1. The van der Waals surface area contributed by atoms with Gasteiger partial charge in [-0.2, -0.15) is 0 Å². The lowest BCUT2D eigenvalue weighted by atomic mass is 9.95. The Balaban J connectivity index is 2.06. The van der Waals surface area contributed by atoms with Crippen molar-refractivity contribution >= 4 is 5.69 Å². The van der Waals surface area contributed by atoms with Crippen LogP contribution in [0.1, 0.15) is 18.9 Å². The number of aliphatic hydroxyl groups is 1. The van der Waals surface area contributed by atoms with Crippen LogP contribution in [0.15, 0.2) is 24.3 Å². The van der Waals surface area contributed by atoms with Crippen LogP contribution in [0.4, 0.5) is 5.69 Å². The Morgan fingerprint density at radius 3 is 2.72 bits per heavy atom. The molecule has 2 rings (SSSR count). The normalized spacial score (nSPS) is 25.1. The molecule has 1 aromatic rings.